The standard InChI is InChI=1S/C18H15NO2S2/c1-12-2-5-15(6-3-12)23-19-14-4-8-17-13(10-14)11-16(22-17)7-9-18(20)21/h2-11,19H,1H3,(H,20,21)/b9-7+. The van der Waals surface area contributed by atoms with Crippen molar-refractivity contribution < 1.29 is 9.90 Å². The van der Waals surface area contributed by atoms with Crippen LogP contribution in [0.5, 0.6) is 0 Å². The van der Waals surface area contributed by atoms with Gasteiger partial charge in [-0.15, -0.1) is 11.3 Å². The van der Waals surface area contributed by atoms with Crippen molar-refractivity contribution in [3.63, 3.8) is 0 Å². The number of carboxylic acid groups (broad SMARTS) is 1. The maximum absolute atomic E-state index is 10.6. The Kier molecular flexibility index (Phi) is 4.69. The third kappa shape index (κ3) is 4.15. The number of thiophene rings is 1. The SMILES string of the molecule is Cc1ccc(SNc2ccc3sc(/C=C/C(=O)O)cc3c2)cc1. The number of rotatable bonds is 5. The highest BCUT2D eigenvalue weighted by molar-refractivity contribution is 8.00. The lowest BCUT2D eigenvalue weighted by atomic mass is 10.2. The lowest BCUT2D eigenvalue weighted by molar-refractivity contribution is -0.131. The molecule has 2 N–H and O–H groups in total. The molecule has 116 valence electrons. The monoisotopic (exact) mass is 341 g/mol. The van der Waals surface area contributed by atoms with E-state index in [0.717, 1.165) is 31.6 Å². The van der Waals surface area contributed by atoms with Gasteiger partial charge in [0.05, 0.1) is 0 Å². The van der Waals surface area contributed by atoms with Crippen LogP contribution >= 0.6 is 23.3 Å². The molecule has 1 aromatic heterocycles. The van der Waals surface area contributed by atoms with E-state index < -0.39 is 5.97 Å². The summed E-state index contributed by atoms with van der Waals surface area (Å²) in [6.45, 7) is 2.07. The summed E-state index contributed by atoms with van der Waals surface area (Å²) in [5.74, 6) is -0.931. The average molecular weight is 341 g/mol. The van der Waals surface area contributed by atoms with Crippen molar-refractivity contribution in [2.24, 2.45) is 0 Å². The molecule has 1 heterocycles. The van der Waals surface area contributed by atoms with E-state index in [-0.39, 0.29) is 0 Å². The van der Waals surface area contributed by atoms with Crippen LogP contribution < -0.4 is 4.72 Å². The quantitative estimate of drug-likeness (QED) is 0.480. The Balaban J connectivity index is 1.74. The maximum atomic E-state index is 10.6. The van der Waals surface area contributed by atoms with Crippen molar-refractivity contribution in [1.29, 1.82) is 0 Å². The van der Waals surface area contributed by atoms with E-state index in [2.05, 4.69) is 48.0 Å². The van der Waals surface area contributed by atoms with Gasteiger partial charge in [0.25, 0.3) is 0 Å². The summed E-state index contributed by atoms with van der Waals surface area (Å²) in [5.41, 5.74) is 2.27. The average Bonchev–Trinajstić information content (AvgIpc) is 2.94. The first kappa shape index (κ1) is 15.6. The number of hydrogen-bond donors (Lipinski definition) is 2. The normalized spacial score (nSPS) is 11.2. The van der Waals surface area contributed by atoms with Crippen molar-refractivity contribution in [3.05, 3.63) is 65.0 Å². The number of anilines is 1. The highest BCUT2D eigenvalue weighted by Gasteiger charge is 2.02. The zero-order valence-corrected chi connectivity index (χ0v) is 14.1. The lowest BCUT2D eigenvalue weighted by Crippen LogP contribution is -1.86. The van der Waals surface area contributed by atoms with Crippen LogP contribution in [0, 0.1) is 6.92 Å². The van der Waals surface area contributed by atoms with Crippen LogP contribution in [0.15, 0.2) is 59.5 Å². The molecule has 0 aliphatic rings. The molecule has 2 aromatic carbocycles. The molecule has 23 heavy (non-hydrogen) atoms. The molecule has 0 atom stereocenters. The predicted molar refractivity (Wildman–Crippen MR) is 99.2 cm³/mol. The number of aliphatic carboxylic acids is 1. The van der Waals surface area contributed by atoms with Gasteiger partial charge in [-0.05, 0) is 66.7 Å². The van der Waals surface area contributed by atoms with E-state index in [0.29, 0.717) is 0 Å². The van der Waals surface area contributed by atoms with Crippen molar-refractivity contribution >= 4 is 51.1 Å². The highest BCUT2D eigenvalue weighted by Crippen LogP contribution is 2.30. The summed E-state index contributed by atoms with van der Waals surface area (Å²) in [7, 11) is 0. The predicted octanol–water partition coefficient (Wildman–Crippen LogP) is 5.43. The summed E-state index contributed by atoms with van der Waals surface area (Å²) in [6.07, 6.45) is 2.79. The first-order valence-corrected chi connectivity index (χ1v) is 8.67. The Morgan fingerprint density at radius 3 is 2.70 bits per heavy atom. The van der Waals surface area contributed by atoms with Crippen molar-refractivity contribution in [1.82, 2.24) is 0 Å². The molecule has 3 rings (SSSR count). The molecule has 0 amide bonds. The second-order valence-corrected chi connectivity index (χ2v) is 7.09. The topological polar surface area (TPSA) is 49.3 Å². The highest BCUT2D eigenvalue weighted by atomic mass is 32.2. The summed E-state index contributed by atoms with van der Waals surface area (Å²) in [6, 6.07) is 16.5. The van der Waals surface area contributed by atoms with Crippen molar-refractivity contribution in [3.8, 4) is 0 Å². The number of carboxylic acids is 1. The molecule has 0 aliphatic heterocycles. The van der Waals surface area contributed by atoms with Crippen LogP contribution in [0.25, 0.3) is 16.2 Å². The number of aryl methyl sites for hydroxylation is 1. The summed E-state index contributed by atoms with van der Waals surface area (Å²) < 4.78 is 4.48. The third-order valence-corrected chi connectivity index (χ3v) is 5.16. The molecular formula is C18H15NO2S2. The third-order valence-electron chi connectivity index (χ3n) is 3.23. The minimum atomic E-state index is -0.931. The summed E-state index contributed by atoms with van der Waals surface area (Å²) in [5, 5.41) is 9.80. The first-order valence-electron chi connectivity index (χ1n) is 7.04. The molecule has 0 saturated carbocycles. The fourth-order valence-corrected chi connectivity index (χ4v) is 3.67. The van der Waals surface area contributed by atoms with E-state index in [1.165, 1.54) is 5.56 Å². The first-order chi connectivity index (χ1) is 11.1. The Morgan fingerprint density at radius 1 is 1.17 bits per heavy atom. The Labute approximate surface area is 142 Å². The molecule has 0 radical (unpaired) electrons. The molecule has 0 fully saturated rings. The van der Waals surface area contributed by atoms with Gasteiger partial charge in [0.2, 0.25) is 0 Å². The van der Waals surface area contributed by atoms with E-state index in [1.54, 1.807) is 29.4 Å². The van der Waals surface area contributed by atoms with Gasteiger partial charge in [0.15, 0.2) is 0 Å². The lowest BCUT2D eigenvalue weighted by Gasteiger charge is -2.05. The zero-order chi connectivity index (χ0) is 16.2. The van der Waals surface area contributed by atoms with Crippen LogP contribution in [0.4, 0.5) is 5.69 Å². The molecule has 0 unspecified atom stereocenters. The molecule has 5 heteroatoms. The number of fused-ring (bicyclic) bond motifs is 1. The minimum absolute atomic E-state index is 0.931. The van der Waals surface area contributed by atoms with Crippen molar-refractivity contribution in [2.45, 2.75) is 11.8 Å². The van der Waals surface area contributed by atoms with Crippen LogP contribution in [0.3, 0.4) is 0 Å². The van der Waals surface area contributed by atoms with Gasteiger partial charge in [-0.2, -0.15) is 0 Å². The number of hydrogen-bond acceptors (Lipinski definition) is 4. The van der Waals surface area contributed by atoms with Gasteiger partial charge < -0.3 is 9.83 Å². The summed E-state index contributed by atoms with van der Waals surface area (Å²) in [4.78, 5) is 12.7. The number of carbonyl (C=O) groups is 1. The van der Waals surface area contributed by atoms with Crippen LogP contribution in [0.2, 0.25) is 0 Å². The van der Waals surface area contributed by atoms with E-state index >= 15 is 0 Å². The molecule has 0 aliphatic carbocycles. The molecule has 0 saturated heterocycles. The van der Waals surface area contributed by atoms with Gasteiger partial charge in [-0.1, -0.05) is 17.7 Å². The van der Waals surface area contributed by atoms with Crippen LogP contribution in [-0.2, 0) is 4.79 Å². The van der Waals surface area contributed by atoms with Gasteiger partial charge >= 0.3 is 5.97 Å². The molecule has 3 aromatic rings. The maximum Gasteiger partial charge on any atom is 0.328 e. The van der Waals surface area contributed by atoms with Gasteiger partial charge in [-0.3, -0.25) is 0 Å². The largest absolute Gasteiger partial charge is 0.478 e. The van der Waals surface area contributed by atoms with Crippen LogP contribution in [-0.4, -0.2) is 11.1 Å². The van der Waals surface area contributed by atoms with Gasteiger partial charge in [-0.25, -0.2) is 4.79 Å². The van der Waals surface area contributed by atoms with Crippen molar-refractivity contribution in [2.75, 3.05) is 4.72 Å². The van der Waals surface area contributed by atoms with Gasteiger partial charge in [0, 0.05) is 26.2 Å². The van der Waals surface area contributed by atoms with Crippen LogP contribution in [0.1, 0.15) is 10.4 Å². The smallest absolute Gasteiger partial charge is 0.328 e. The molecule has 0 spiro atoms. The second kappa shape index (κ2) is 6.89. The fraction of sp³-hybridized carbons (Fsp3) is 0.0556. The Hall–Kier alpha value is -2.24. The molecule has 0 bridgehead atoms. The minimum Gasteiger partial charge on any atom is -0.478 e. The molecule has 3 nitrogen and oxygen atoms in total. The number of benzene rings is 2. The Morgan fingerprint density at radius 2 is 1.96 bits per heavy atom. The summed E-state index contributed by atoms with van der Waals surface area (Å²) >= 11 is 3.15. The van der Waals surface area contributed by atoms with E-state index in [4.69, 9.17) is 5.11 Å². The molecular weight excluding hydrogens is 326 g/mol. The van der Waals surface area contributed by atoms with Gasteiger partial charge in [0.1, 0.15) is 0 Å². The Bertz CT molecular complexity index is 866. The van der Waals surface area contributed by atoms with E-state index in [9.17, 15) is 4.79 Å². The van der Waals surface area contributed by atoms with E-state index in [1.807, 2.05) is 12.1 Å². The second-order valence-electron chi connectivity index (χ2n) is 5.09. The number of nitrogens with one attached hydrogen (secondary N) is 1. The zero-order valence-electron chi connectivity index (χ0n) is 12.4. The fourth-order valence-electron chi connectivity index (χ4n) is 2.09.